The Balaban J connectivity index is 1.32. The first kappa shape index (κ1) is 23.1. The number of carbonyl (C=O) groups is 3. The molecule has 35 heavy (non-hydrogen) atoms. The van der Waals surface area contributed by atoms with Crippen molar-refractivity contribution in [1.29, 1.82) is 0 Å². The van der Waals surface area contributed by atoms with Crippen LogP contribution in [0.2, 0.25) is 5.02 Å². The van der Waals surface area contributed by atoms with Crippen molar-refractivity contribution in [3.8, 4) is 0 Å². The number of halogens is 3. The van der Waals surface area contributed by atoms with Crippen LogP contribution in [0.5, 0.6) is 0 Å². The molecular weight excluding hydrogens is 482 g/mol. The molecule has 2 aliphatic heterocycles. The van der Waals surface area contributed by atoms with E-state index in [0.29, 0.717) is 34.9 Å². The molecule has 11 heteroatoms. The van der Waals surface area contributed by atoms with Gasteiger partial charge in [0.05, 0.1) is 23.3 Å². The molecule has 1 aromatic heterocycles. The number of aryl methyl sites for hydroxylation is 1. The van der Waals surface area contributed by atoms with Crippen LogP contribution in [-0.4, -0.2) is 37.0 Å². The van der Waals surface area contributed by atoms with E-state index in [1.807, 2.05) is 4.90 Å². The first-order valence-corrected chi connectivity index (χ1v) is 11.4. The van der Waals surface area contributed by atoms with Gasteiger partial charge in [0.1, 0.15) is 23.0 Å². The Labute approximate surface area is 203 Å². The Bertz CT molecular complexity index is 1370. The highest BCUT2D eigenvalue weighted by molar-refractivity contribution is 6.30. The molecule has 8 nitrogen and oxygen atoms in total. The fraction of sp³-hybridized carbons (Fsp3) is 0.292. The number of urea groups is 1. The molecule has 0 radical (unpaired) electrons. The number of amides is 4. The van der Waals surface area contributed by atoms with E-state index < -0.39 is 29.5 Å². The first-order valence-electron chi connectivity index (χ1n) is 11.0. The summed E-state index contributed by atoms with van der Waals surface area (Å²) in [5, 5.41) is 8.38. The number of carbonyl (C=O) groups excluding carboxylic acids is 3. The highest BCUT2D eigenvalue weighted by Crippen LogP contribution is 2.40. The minimum Gasteiger partial charge on any atom is -0.461 e. The molecule has 2 saturated heterocycles. The smallest absolute Gasteiger partial charge is 0.319 e. The second kappa shape index (κ2) is 8.84. The van der Waals surface area contributed by atoms with Crippen LogP contribution in [0.1, 0.15) is 30.1 Å². The Morgan fingerprint density at radius 1 is 1.17 bits per heavy atom. The van der Waals surface area contributed by atoms with Crippen LogP contribution in [0.4, 0.5) is 25.0 Å². The summed E-state index contributed by atoms with van der Waals surface area (Å²) < 4.78 is 34.9. The topological polar surface area (TPSA) is 104 Å². The number of fused-ring (bicyclic) bond motifs is 1. The van der Waals surface area contributed by atoms with Crippen molar-refractivity contribution in [1.82, 2.24) is 10.6 Å². The quantitative estimate of drug-likeness (QED) is 0.464. The monoisotopic (exact) mass is 502 g/mol. The Morgan fingerprint density at radius 3 is 2.69 bits per heavy atom. The molecular formula is C24H21ClF2N4O4. The van der Waals surface area contributed by atoms with Crippen molar-refractivity contribution >= 4 is 51.8 Å². The molecule has 4 amide bonds. The number of imide groups is 1. The lowest BCUT2D eigenvalue weighted by atomic mass is 9.88. The molecule has 0 unspecified atom stereocenters. The molecule has 182 valence electrons. The highest BCUT2D eigenvalue weighted by atomic mass is 35.5. The van der Waals surface area contributed by atoms with Gasteiger partial charge in [0.25, 0.3) is 0 Å². The molecule has 3 N–H and O–H groups in total. The SMILES string of the molecule is Cc1cc2c(N3CC(NC(=O)Nc4cc(Cl)ccc4F)C3)cc(F)c([C@H]3CCC(=O)NC3=O)c2o1. The molecule has 1 atom stereocenters. The van der Waals surface area contributed by atoms with Gasteiger partial charge in [0.2, 0.25) is 11.8 Å². The minimum absolute atomic E-state index is 0.0344. The molecule has 3 heterocycles. The fourth-order valence-electron chi connectivity index (χ4n) is 4.55. The number of hydrogen-bond acceptors (Lipinski definition) is 5. The lowest BCUT2D eigenvalue weighted by molar-refractivity contribution is -0.134. The van der Waals surface area contributed by atoms with Crippen molar-refractivity contribution in [2.75, 3.05) is 23.3 Å². The number of anilines is 2. The number of hydrogen-bond donors (Lipinski definition) is 3. The summed E-state index contributed by atoms with van der Waals surface area (Å²) in [6, 6.07) is 6.15. The van der Waals surface area contributed by atoms with Gasteiger partial charge >= 0.3 is 6.03 Å². The van der Waals surface area contributed by atoms with Crippen LogP contribution in [-0.2, 0) is 9.59 Å². The molecule has 2 aromatic carbocycles. The largest absolute Gasteiger partial charge is 0.461 e. The van der Waals surface area contributed by atoms with Crippen LogP contribution in [0, 0.1) is 18.6 Å². The number of benzene rings is 2. The lowest BCUT2D eigenvalue weighted by Crippen LogP contribution is -2.60. The standard InChI is InChI=1S/C24H21ClF2N4O4/c1-11-6-15-19(8-17(27)21(22(15)35-11)14-3-5-20(32)30-23(14)33)31-9-13(10-31)28-24(34)29-18-7-12(25)2-4-16(18)26/h2,4,6-8,13-14H,3,5,9-10H2,1H3,(H2,28,29,34)(H,30,32,33)/t14-/m1/s1. The van der Waals surface area contributed by atoms with E-state index in [4.69, 9.17) is 16.0 Å². The second-order valence-electron chi connectivity index (χ2n) is 8.72. The average Bonchev–Trinajstić information content (AvgIpc) is 3.15. The van der Waals surface area contributed by atoms with Crippen molar-refractivity contribution in [3.63, 3.8) is 0 Å². The van der Waals surface area contributed by atoms with Gasteiger partial charge < -0.3 is 20.0 Å². The Morgan fingerprint density at radius 2 is 1.94 bits per heavy atom. The van der Waals surface area contributed by atoms with E-state index in [9.17, 15) is 18.8 Å². The van der Waals surface area contributed by atoms with E-state index in [-0.39, 0.29) is 41.6 Å². The van der Waals surface area contributed by atoms with Crippen LogP contribution in [0.15, 0.2) is 34.7 Å². The van der Waals surface area contributed by atoms with Gasteiger partial charge in [0.15, 0.2) is 0 Å². The van der Waals surface area contributed by atoms with Gasteiger partial charge in [-0.05, 0) is 43.7 Å². The van der Waals surface area contributed by atoms with E-state index >= 15 is 4.39 Å². The second-order valence-corrected chi connectivity index (χ2v) is 9.16. The summed E-state index contributed by atoms with van der Waals surface area (Å²) in [5.74, 6) is -2.39. The van der Waals surface area contributed by atoms with Crippen LogP contribution < -0.4 is 20.9 Å². The molecule has 0 saturated carbocycles. The Hall–Kier alpha value is -3.66. The van der Waals surface area contributed by atoms with Crippen molar-refractivity contribution < 1.29 is 27.6 Å². The zero-order chi connectivity index (χ0) is 24.9. The number of rotatable bonds is 4. The molecule has 2 fully saturated rings. The summed E-state index contributed by atoms with van der Waals surface area (Å²) in [6.45, 7) is 2.51. The maximum atomic E-state index is 15.3. The Kier molecular flexibility index (Phi) is 5.84. The summed E-state index contributed by atoms with van der Waals surface area (Å²) in [7, 11) is 0. The van der Waals surface area contributed by atoms with Gasteiger partial charge in [0, 0.05) is 35.5 Å². The van der Waals surface area contributed by atoms with E-state index in [1.54, 1.807) is 13.0 Å². The third-order valence-electron chi connectivity index (χ3n) is 6.22. The average molecular weight is 503 g/mol. The zero-order valence-electron chi connectivity index (χ0n) is 18.6. The predicted octanol–water partition coefficient (Wildman–Crippen LogP) is 4.20. The van der Waals surface area contributed by atoms with Crippen molar-refractivity contribution in [2.45, 2.75) is 31.7 Å². The third-order valence-corrected chi connectivity index (χ3v) is 6.45. The molecule has 3 aromatic rings. The fourth-order valence-corrected chi connectivity index (χ4v) is 4.72. The summed E-state index contributed by atoms with van der Waals surface area (Å²) in [4.78, 5) is 38.1. The molecule has 0 bridgehead atoms. The van der Waals surface area contributed by atoms with Gasteiger partial charge in [-0.25, -0.2) is 13.6 Å². The first-order chi connectivity index (χ1) is 16.7. The summed E-state index contributed by atoms with van der Waals surface area (Å²) in [5.41, 5.74) is 0.954. The normalized spacial score (nSPS) is 18.4. The predicted molar refractivity (Wildman–Crippen MR) is 126 cm³/mol. The van der Waals surface area contributed by atoms with Gasteiger partial charge in [-0.2, -0.15) is 0 Å². The van der Waals surface area contributed by atoms with Gasteiger partial charge in [-0.1, -0.05) is 11.6 Å². The van der Waals surface area contributed by atoms with Gasteiger partial charge in [-0.3, -0.25) is 14.9 Å². The maximum absolute atomic E-state index is 15.3. The minimum atomic E-state index is -0.823. The lowest BCUT2D eigenvalue weighted by Gasteiger charge is -2.41. The number of nitrogens with one attached hydrogen (secondary N) is 3. The summed E-state index contributed by atoms with van der Waals surface area (Å²) in [6.07, 6.45) is 0.327. The number of furan rings is 1. The van der Waals surface area contributed by atoms with Crippen molar-refractivity contribution in [3.05, 3.63) is 58.3 Å². The zero-order valence-corrected chi connectivity index (χ0v) is 19.3. The van der Waals surface area contributed by atoms with Crippen molar-refractivity contribution in [2.24, 2.45) is 0 Å². The molecule has 0 aliphatic carbocycles. The maximum Gasteiger partial charge on any atom is 0.319 e. The number of nitrogens with zero attached hydrogens (tertiary/aromatic N) is 1. The van der Waals surface area contributed by atoms with E-state index in [0.717, 1.165) is 6.07 Å². The van der Waals surface area contributed by atoms with Crippen LogP contribution in [0.25, 0.3) is 11.0 Å². The molecule has 5 rings (SSSR count). The van der Waals surface area contributed by atoms with Crippen LogP contribution in [0.3, 0.4) is 0 Å². The summed E-state index contributed by atoms with van der Waals surface area (Å²) >= 11 is 5.85. The van der Waals surface area contributed by atoms with E-state index in [1.165, 1.54) is 18.2 Å². The van der Waals surface area contributed by atoms with E-state index in [2.05, 4.69) is 16.0 Å². The van der Waals surface area contributed by atoms with Crippen LogP contribution >= 0.6 is 11.6 Å². The molecule has 0 spiro atoms. The molecule has 2 aliphatic rings. The van der Waals surface area contributed by atoms with Gasteiger partial charge in [-0.15, -0.1) is 0 Å². The third kappa shape index (κ3) is 4.41. The highest BCUT2D eigenvalue weighted by Gasteiger charge is 2.36. The number of piperidine rings is 1.